The molecule has 0 saturated heterocycles. The average Bonchev–Trinajstić information content (AvgIpc) is 2.85. The molecule has 35 heavy (non-hydrogen) atoms. The number of ether oxygens (including phenoxy) is 1. The number of para-hydroxylation sites is 1. The van der Waals surface area contributed by atoms with E-state index in [1.807, 2.05) is 45.0 Å². The lowest BCUT2D eigenvalue weighted by atomic mass is 10.1. The van der Waals surface area contributed by atoms with Gasteiger partial charge in [0.05, 0.1) is 5.56 Å². The van der Waals surface area contributed by atoms with Crippen LogP contribution in [0.2, 0.25) is 0 Å². The van der Waals surface area contributed by atoms with Crippen LogP contribution in [-0.4, -0.2) is 35.3 Å². The van der Waals surface area contributed by atoms with Crippen LogP contribution in [0.4, 0.5) is 4.79 Å². The maximum absolute atomic E-state index is 12.3. The predicted octanol–water partition coefficient (Wildman–Crippen LogP) is 9.20. The largest absolute Gasteiger partial charge is 0.444 e. The monoisotopic (exact) mass is 504 g/mol. The fourth-order valence-electron chi connectivity index (χ4n) is 3.25. The molecule has 1 aromatic heterocycles. The lowest BCUT2D eigenvalue weighted by Gasteiger charge is -2.20. The first-order valence-electron chi connectivity index (χ1n) is 8.72. The molecule has 0 bridgehead atoms. The molecule has 2 N–H and O–H groups in total. The summed E-state index contributed by atoms with van der Waals surface area (Å²) in [6, 6.07) is 7.98. The highest BCUT2D eigenvalue weighted by atomic mass is 16.6. The molecule has 2 amide bonds. The van der Waals surface area contributed by atoms with Crippen molar-refractivity contribution in [2.24, 2.45) is 0 Å². The van der Waals surface area contributed by atoms with Crippen LogP contribution in [0, 0.1) is 0 Å². The second-order valence-corrected chi connectivity index (χ2v) is 7.28. The minimum absolute atomic E-state index is 0. The van der Waals surface area contributed by atoms with Gasteiger partial charge in [-0.3, -0.25) is 4.79 Å². The van der Waals surface area contributed by atoms with Crippen molar-refractivity contribution in [2.45, 2.75) is 120 Å². The zero-order valence-corrected chi connectivity index (χ0v) is 15.0. The van der Waals surface area contributed by atoms with Gasteiger partial charge in [0.1, 0.15) is 5.60 Å². The van der Waals surface area contributed by atoms with Gasteiger partial charge in [0.2, 0.25) is 0 Å². The predicted molar refractivity (Wildman–Crippen MR) is 164 cm³/mol. The van der Waals surface area contributed by atoms with Crippen LogP contribution < -0.4 is 10.6 Å². The third kappa shape index (κ3) is 12.7. The summed E-state index contributed by atoms with van der Waals surface area (Å²) in [4.78, 5) is 24.0. The Morgan fingerprint density at radius 1 is 0.971 bits per heavy atom. The van der Waals surface area contributed by atoms with Gasteiger partial charge in [-0.05, 0) is 33.3 Å². The van der Waals surface area contributed by atoms with E-state index in [9.17, 15) is 9.59 Å². The van der Waals surface area contributed by atoms with Gasteiger partial charge >= 0.3 is 6.09 Å². The Labute approximate surface area is 221 Å². The number of benzene rings is 1. The number of fused-ring (bicyclic) bond motifs is 3. The van der Waals surface area contributed by atoms with E-state index in [0.29, 0.717) is 13.1 Å². The minimum atomic E-state index is -0.493. The van der Waals surface area contributed by atoms with Gasteiger partial charge < -0.3 is 19.9 Å². The highest BCUT2D eigenvalue weighted by Crippen LogP contribution is 2.28. The fraction of sp³-hybridized carbons (Fsp3) is 0.655. The Hall–Kier alpha value is -2.50. The molecule has 0 aliphatic carbocycles. The topological polar surface area (TPSA) is 72.4 Å². The second-order valence-electron chi connectivity index (χ2n) is 7.28. The van der Waals surface area contributed by atoms with Crippen molar-refractivity contribution >= 4 is 22.9 Å². The lowest BCUT2D eigenvalue weighted by Crippen LogP contribution is -2.33. The smallest absolute Gasteiger partial charge is 0.407 e. The second kappa shape index (κ2) is 22.0. The first kappa shape index (κ1) is 53.7. The standard InChI is InChI=1S/C19H25N3O3.10CH4/c1-19(2,3)25-18(24)21-10-6-12-22-14-8-5-4-7-13(14)16-15(22)9-11-20-17(16)23;;;;;;;;;;/h4-5,7-8H,6,9-12H2,1-3H3,(H,20,23)(H,21,24);10*1H4. The summed E-state index contributed by atoms with van der Waals surface area (Å²) >= 11 is 0. The summed E-state index contributed by atoms with van der Waals surface area (Å²) in [7, 11) is 0. The van der Waals surface area contributed by atoms with Gasteiger partial charge in [0, 0.05) is 42.7 Å². The Morgan fingerprint density at radius 2 is 1.51 bits per heavy atom. The molecular formula is C29H65N3O3. The third-order valence-corrected chi connectivity index (χ3v) is 4.18. The van der Waals surface area contributed by atoms with Gasteiger partial charge in [0.15, 0.2) is 0 Å². The normalized spacial score (nSPS) is 10.1. The van der Waals surface area contributed by atoms with E-state index in [-0.39, 0.29) is 80.2 Å². The molecular weight excluding hydrogens is 438 g/mol. The van der Waals surface area contributed by atoms with Crippen LogP contribution in [0.3, 0.4) is 0 Å². The summed E-state index contributed by atoms with van der Waals surface area (Å²) in [5, 5.41) is 6.70. The first-order chi connectivity index (χ1) is 11.9. The molecule has 2 aromatic rings. The van der Waals surface area contributed by atoms with E-state index in [1.165, 1.54) is 0 Å². The Kier molecular flexibility index (Phi) is 33.8. The summed E-state index contributed by atoms with van der Waals surface area (Å²) < 4.78 is 7.45. The summed E-state index contributed by atoms with van der Waals surface area (Å²) in [5.74, 6) is 0.00285. The lowest BCUT2D eigenvalue weighted by molar-refractivity contribution is 0.0526. The third-order valence-electron chi connectivity index (χ3n) is 4.18. The summed E-state index contributed by atoms with van der Waals surface area (Å²) in [6.07, 6.45) is 1.20. The van der Waals surface area contributed by atoms with Gasteiger partial charge in [-0.15, -0.1) is 0 Å². The number of alkyl carbamates (subject to hydrolysis) is 1. The molecule has 1 aromatic carbocycles. The molecule has 0 saturated carbocycles. The van der Waals surface area contributed by atoms with Crippen molar-refractivity contribution in [1.29, 1.82) is 0 Å². The minimum Gasteiger partial charge on any atom is -0.444 e. The molecule has 0 radical (unpaired) electrons. The zero-order valence-electron chi connectivity index (χ0n) is 15.0. The molecule has 6 heteroatoms. The number of nitrogens with one attached hydrogen (secondary N) is 2. The number of aromatic nitrogens is 1. The maximum atomic E-state index is 12.3. The van der Waals surface area contributed by atoms with Gasteiger partial charge in [-0.2, -0.15) is 0 Å². The number of aryl methyl sites for hydroxylation is 1. The summed E-state index contributed by atoms with van der Waals surface area (Å²) in [6.45, 7) is 7.47. The van der Waals surface area contributed by atoms with Gasteiger partial charge in [-0.25, -0.2) is 4.79 Å². The highest BCUT2D eigenvalue weighted by Gasteiger charge is 2.25. The number of hydrogen-bond donors (Lipinski definition) is 2. The number of amides is 2. The molecule has 1 aliphatic rings. The van der Waals surface area contributed by atoms with Crippen molar-refractivity contribution < 1.29 is 14.3 Å². The molecule has 1 aliphatic heterocycles. The molecule has 214 valence electrons. The highest BCUT2D eigenvalue weighted by molar-refractivity contribution is 6.09. The van der Waals surface area contributed by atoms with E-state index < -0.39 is 11.7 Å². The summed E-state index contributed by atoms with van der Waals surface area (Å²) in [5.41, 5.74) is 2.46. The number of rotatable bonds is 4. The van der Waals surface area contributed by atoms with Crippen LogP contribution >= 0.6 is 0 Å². The molecule has 0 atom stereocenters. The van der Waals surface area contributed by atoms with Crippen LogP contribution in [-0.2, 0) is 17.7 Å². The molecule has 0 fully saturated rings. The number of nitrogens with zero attached hydrogens (tertiary/aromatic N) is 1. The molecule has 0 unspecified atom stereocenters. The van der Waals surface area contributed by atoms with E-state index in [1.54, 1.807) is 0 Å². The first-order valence-corrected chi connectivity index (χ1v) is 8.72. The molecule has 0 spiro atoms. The Balaban J connectivity index is -0.000000121. The number of hydrogen-bond acceptors (Lipinski definition) is 3. The quantitative estimate of drug-likeness (QED) is 0.408. The molecule has 3 rings (SSSR count). The van der Waals surface area contributed by atoms with Crippen LogP contribution in [0.25, 0.3) is 10.9 Å². The molecule has 2 heterocycles. The van der Waals surface area contributed by atoms with Crippen molar-refractivity contribution in [1.82, 2.24) is 15.2 Å². The van der Waals surface area contributed by atoms with Crippen molar-refractivity contribution in [3.63, 3.8) is 0 Å². The Morgan fingerprint density at radius 3 is 2.06 bits per heavy atom. The maximum Gasteiger partial charge on any atom is 0.407 e. The number of carbonyl (C=O) groups excluding carboxylic acids is 2. The average molecular weight is 504 g/mol. The molecule has 6 nitrogen and oxygen atoms in total. The SMILES string of the molecule is C.C.C.C.C.C.C.C.C.C.CC(C)(C)OC(=O)NCCCn1c2c(c3ccccc31)C(=O)NCC2. The van der Waals surface area contributed by atoms with Crippen molar-refractivity contribution in [3.05, 3.63) is 35.5 Å². The van der Waals surface area contributed by atoms with Crippen LogP contribution in [0.15, 0.2) is 24.3 Å². The number of carbonyl (C=O) groups is 2. The van der Waals surface area contributed by atoms with Gasteiger partial charge in [0.25, 0.3) is 5.91 Å². The van der Waals surface area contributed by atoms with Crippen molar-refractivity contribution in [2.75, 3.05) is 13.1 Å². The van der Waals surface area contributed by atoms with Crippen LogP contribution in [0.5, 0.6) is 0 Å². The van der Waals surface area contributed by atoms with E-state index >= 15 is 0 Å². The van der Waals surface area contributed by atoms with Crippen molar-refractivity contribution in [3.8, 4) is 0 Å². The van der Waals surface area contributed by atoms with E-state index in [0.717, 1.165) is 41.5 Å². The van der Waals surface area contributed by atoms with E-state index in [4.69, 9.17) is 4.74 Å². The zero-order chi connectivity index (χ0) is 18.0. The van der Waals surface area contributed by atoms with E-state index in [2.05, 4.69) is 15.2 Å². The van der Waals surface area contributed by atoms with Gasteiger partial charge in [-0.1, -0.05) is 92.5 Å². The fourth-order valence-corrected chi connectivity index (χ4v) is 3.25. The van der Waals surface area contributed by atoms with Crippen LogP contribution in [0.1, 0.15) is 118 Å². The Bertz CT molecular complexity index is 805.